The van der Waals surface area contributed by atoms with E-state index in [0.29, 0.717) is 10.6 Å². The van der Waals surface area contributed by atoms with Gasteiger partial charge in [-0.1, -0.05) is 12.1 Å². The summed E-state index contributed by atoms with van der Waals surface area (Å²) in [5, 5.41) is 3.09. The number of nitrogens with one attached hydrogen (secondary N) is 1. The van der Waals surface area contributed by atoms with Crippen LogP contribution >= 0.6 is 11.3 Å². The zero-order valence-electron chi connectivity index (χ0n) is 19.1. The first-order valence-corrected chi connectivity index (χ1v) is 11.2. The minimum absolute atomic E-state index is 0.186. The third-order valence-electron chi connectivity index (χ3n) is 5.82. The van der Waals surface area contributed by atoms with Gasteiger partial charge < -0.3 is 19.7 Å². The molecule has 172 valence electrons. The number of benzene rings is 1. The second kappa shape index (κ2) is 10.1. The molecule has 0 spiro atoms. The number of piperazine rings is 1. The molecule has 9 heteroatoms. The van der Waals surface area contributed by atoms with Crippen molar-refractivity contribution < 1.29 is 23.9 Å². The van der Waals surface area contributed by atoms with Crippen molar-refractivity contribution in [2.45, 2.75) is 20.8 Å². The molecule has 1 aliphatic rings. The zero-order chi connectivity index (χ0) is 23.4. The molecule has 8 nitrogen and oxygen atoms in total. The van der Waals surface area contributed by atoms with Crippen LogP contribution in [0.5, 0.6) is 0 Å². The summed E-state index contributed by atoms with van der Waals surface area (Å²) in [7, 11) is 2.54. The molecule has 1 aromatic carbocycles. The number of hydrogen-bond donors (Lipinski definition) is 1. The molecule has 0 radical (unpaired) electrons. The number of anilines is 2. The second-order valence-electron chi connectivity index (χ2n) is 7.77. The Bertz CT molecular complexity index is 1020. The summed E-state index contributed by atoms with van der Waals surface area (Å²) in [6, 6.07) is 6.32. The minimum atomic E-state index is -0.605. The Morgan fingerprint density at radius 1 is 0.969 bits per heavy atom. The van der Waals surface area contributed by atoms with Crippen molar-refractivity contribution in [3.05, 3.63) is 45.3 Å². The van der Waals surface area contributed by atoms with Gasteiger partial charge in [0.05, 0.1) is 26.3 Å². The number of ether oxygens (including phenoxy) is 2. The first kappa shape index (κ1) is 23.7. The van der Waals surface area contributed by atoms with Crippen LogP contribution in [0.25, 0.3) is 0 Å². The molecule has 0 unspecified atom stereocenters. The molecular formula is C23H29N3O5S. The summed E-state index contributed by atoms with van der Waals surface area (Å²) in [5.41, 5.74) is 4.41. The summed E-state index contributed by atoms with van der Waals surface area (Å²) in [6.45, 7) is 9.24. The third-order valence-corrected chi connectivity index (χ3v) is 7.00. The Morgan fingerprint density at radius 3 is 2.25 bits per heavy atom. The number of amides is 1. The largest absolute Gasteiger partial charge is 0.465 e. The summed E-state index contributed by atoms with van der Waals surface area (Å²) < 4.78 is 9.62. The van der Waals surface area contributed by atoms with Gasteiger partial charge in [0.25, 0.3) is 0 Å². The van der Waals surface area contributed by atoms with Crippen molar-refractivity contribution in [3.63, 3.8) is 0 Å². The topological polar surface area (TPSA) is 88.2 Å². The Balaban J connectivity index is 1.65. The maximum Gasteiger partial charge on any atom is 0.348 e. The zero-order valence-corrected chi connectivity index (χ0v) is 19.9. The van der Waals surface area contributed by atoms with E-state index in [1.54, 1.807) is 6.92 Å². The Labute approximate surface area is 192 Å². The molecule has 1 aromatic heterocycles. The highest BCUT2D eigenvalue weighted by atomic mass is 32.1. The van der Waals surface area contributed by atoms with Crippen LogP contribution in [0, 0.1) is 20.8 Å². The van der Waals surface area contributed by atoms with E-state index in [1.807, 2.05) is 0 Å². The van der Waals surface area contributed by atoms with Gasteiger partial charge in [-0.25, -0.2) is 9.59 Å². The number of methoxy groups -OCH3 is 2. The molecule has 3 rings (SSSR count). The lowest BCUT2D eigenvalue weighted by molar-refractivity contribution is -0.117. The van der Waals surface area contributed by atoms with E-state index in [9.17, 15) is 14.4 Å². The Hall–Kier alpha value is -2.91. The molecule has 1 N–H and O–H groups in total. The van der Waals surface area contributed by atoms with Crippen molar-refractivity contribution in [2.75, 3.05) is 57.2 Å². The quantitative estimate of drug-likeness (QED) is 0.665. The van der Waals surface area contributed by atoms with Crippen LogP contribution in [0.1, 0.15) is 36.7 Å². The van der Waals surface area contributed by atoms with E-state index in [-0.39, 0.29) is 22.9 Å². The van der Waals surface area contributed by atoms with Gasteiger partial charge in [-0.3, -0.25) is 9.69 Å². The lowest BCUT2D eigenvalue weighted by Gasteiger charge is -2.36. The maximum atomic E-state index is 12.7. The highest BCUT2D eigenvalue weighted by Crippen LogP contribution is 2.34. The van der Waals surface area contributed by atoms with Crippen LogP contribution in [0.4, 0.5) is 10.7 Å². The van der Waals surface area contributed by atoms with Crippen molar-refractivity contribution in [3.8, 4) is 0 Å². The highest BCUT2D eigenvalue weighted by molar-refractivity contribution is 7.18. The smallest absolute Gasteiger partial charge is 0.348 e. The van der Waals surface area contributed by atoms with Crippen LogP contribution in [0.2, 0.25) is 0 Å². The third kappa shape index (κ3) is 4.94. The lowest BCUT2D eigenvalue weighted by atomic mass is 10.1. The molecule has 2 aromatic rings. The first-order valence-electron chi connectivity index (χ1n) is 10.4. The molecule has 0 saturated carbocycles. The minimum Gasteiger partial charge on any atom is -0.465 e. The van der Waals surface area contributed by atoms with Crippen LogP contribution in [0.15, 0.2) is 18.2 Å². The number of thiophene rings is 1. The molecule has 1 fully saturated rings. The summed E-state index contributed by atoms with van der Waals surface area (Å²) in [6.07, 6.45) is 0. The Kier molecular flexibility index (Phi) is 7.52. The number of rotatable bonds is 6. The van der Waals surface area contributed by atoms with E-state index in [4.69, 9.17) is 9.47 Å². The van der Waals surface area contributed by atoms with Crippen LogP contribution in [0.3, 0.4) is 0 Å². The molecule has 2 heterocycles. The number of carbonyl (C=O) groups is 3. The SMILES string of the molecule is COC(=O)c1sc(NC(=O)CN2CCN(c3cccc(C)c3C)CC2)c(C(=O)OC)c1C. The molecule has 0 atom stereocenters. The predicted molar refractivity (Wildman–Crippen MR) is 125 cm³/mol. The van der Waals surface area contributed by atoms with Crippen LogP contribution < -0.4 is 10.2 Å². The monoisotopic (exact) mass is 459 g/mol. The molecule has 32 heavy (non-hydrogen) atoms. The van der Waals surface area contributed by atoms with Crippen LogP contribution in [-0.4, -0.2) is 69.7 Å². The van der Waals surface area contributed by atoms with Gasteiger partial charge in [-0.05, 0) is 43.5 Å². The standard InChI is InChI=1S/C23H29N3O5S/c1-14-7-6-8-17(15(14)2)26-11-9-25(10-12-26)13-18(27)24-21-19(22(28)30-4)16(3)20(32-21)23(29)31-5/h6-8H,9-13H2,1-5H3,(H,24,27). The summed E-state index contributed by atoms with van der Waals surface area (Å²) >= 11 is 1.02. The van der Waals surface area contributed by atoms with Gasteiger partial charge in [0.15, 0.2) is 0 Å². The van der Waals surface area contributed by atoms with Gasteiger partial charge in [-0.15, -0.1) is 11.3 Å². The average molecular weight is 460 g/mol. The molecule has 1 amide bonds. The van der Waals surface area contributed by atoms with E-state index >= 15 is 0 Å². The number of carbonyl (C=O) groups excluding carboxylic acids is 3. The molecule has 1 aliphatic heterocycles. The van der Waals surface area contributed by atoms with Gasteiger partial charge in [0, 0.05) is 31.9 Å². The normalized spacial score (nSPS) is 14.2. The molecule has 0 aliphatic carbocycles. The summed E-state index contributed by atoms with van der Waals surface area (Å²) in [4.78, 5) is 41.7. The summed E-state index contributed by atoms with van der Waals surface area (Å²) in [5.74, 6) is -1.40. The van der Waals surface area contributed by atoms with Crippen molar-refractivity contribution in [1.29, 1.82) is 0 Å². The first-order chi connectivity index (χ1) is 15.3. The fourth-order valence-corrected chi connectivity index (χ4v) is 4.96. The Morgan fingerprint density at radius 2 is 1.62 bits per heavy atom. The number of esters is 2. The fourth-order valence-electron chi connectivity index (χ4n) is 3.83. The van der Waals surface area contributed by atoms with Gasteiger partial charge in [0.1, 0.15) is 9.88 Å². The van der Waals surface area contributed by atoms with Crippen molar-refractivity contribution >= 4 is 39.9 Å². The molecule has 0 bridgehead atoms. The fraction of sp³-hybridized carbons (Fsp3) is 0.435. The lowest BCUT2D eigenvalue weighted by Crippen LogP contribution is -2.48. The van der Waals surface area contributed by atoms with E-state index in [0.717, 1.165) is 37.5 Å². The van der Waals surface area contributed by atoms with E-state index in [1.165, 1.54) is 31.0 Å². The van der Waals surface area contributed by atoms with Gasteiger partial charge >= 0.3 is 11.9 Å². The van der Waals surface area contributed by atoms with Crippen LogP contribution in [-0.2, 0) is 14.3 Å². The highest BCUT2D eigenvalue weighted by Gasteiger charge is 2.27. The van der Waals surface area contributed by atoms with Crippen molar-refractivity contribution in [1.82, 2.24) is 4.90 Å². The van der Waals surface area contributed by atoms with Crippen molar-refractivity contribution in [2.24, 2.45) is 0 Å². The molecular weight excluding hydrogens is 430 g/mol. The second-order valence-corrected chi connectivity index (χ2v) is 8.79. The van der Waals surface area contributed by atoms with E-state index in [2.05, 4.69) is 47.2 Å². The van der Waals surface area contributed by atoms with E-state index < -0.39 is 11.9 Å². The number of nitrogens with zero attached hydrogens (tertiary/aromatic N) is 2. The average Bonchev–Trinajstić information content (AvgIpc) is 3.10. The number of hydrogen-bond acceptors (Lipinski definition) is 8. The number of aryl methyl sites for hydroxylation is 1. The van der Waals surface area contributed by atoms with Gasteiger partial charge in [0.2, 0.25) is 5.91 Å². The maximum absolute atomic E-state index is 12.7. The molecule has 1 saturated heterocycles. The van der Waals surface area contributed by atoms with Gasteiger partial charge in [-0.2, -0.15) is 0 Å². The predicted octanol–water partition coefficient (Wildman–Crippen LogP) is 3.01.